The molecule has 0 atom stereocenters. The first kappa shape index (κ1) is 15.3. The van der Waals surface area contributed by atoms with Crippen molar-refractivity contribution in [3.05, 3.63) is 58.9 Å². The number of halogens is 4. The van der Waals surface area contributed by atoms with E-state index in [1.807, 2.05) is 0 Å². The van der Waals surface area contributed by atoms with Gasteiger partial charge < -0.3 is 5.32 Å². The smallest absolute Gasteiger partial charge is 0.324 e. The topological polar surface area (TPSA) is 42.0 Å². The first-order valence-electron chi connectivity index (χ1n) is 5.93. The molecule has 2 aromatic rings. The Morgan fingerprint density at radius 1 is 1.19 bits per heavy atom. The van der Waals surface area contributed by atoms with Crippen LogP contribution in [0.3, 0.4) is 0 Å². The van der Waals surface area contributed by atoms with Gasteiger partial charge in [0.2, 0.25) is 5.91 Å². The van der Waals surface area contributed by atoms with Crippen LogP contribution in [0.15, 0.2) is 42.6 Å². The summed E-state index contributed by atoms with van der Waals surface area (Å²) in [7, 11) is 0. The Morgan fingerprint density at radius 3 is 2.52 bits per heavy atom. The van der Waals surface area contributed by atoms with E-state index in [1.54, 1.807) is 0 Å². The van der Waals surface area contributed by atoms with E-state index in [0.717, 1.165) is 6.07 Å². The molecule has 0 aliphatic heterocycles. The number of rotatable bonds is 3. The van der Waals surface area contributed by atoms with Crippen molar-refractivity contribution < 1.29 is 18.0 Å². The number of anilines is 1. The summed E-state index contributed by atoms with van der Waals surface area (Å²) < 4.78 is 38.4. The second-order valence-electron chi connectivity index (χ2n) is 4.25. The molecule has 2 rings (SSSR count). The van der Waals surface area contributed by atoms with E-state index < -0.39 is 17.6 Å². The van der Waals surface area contributed by atoms with Gasteiger partial charge >= 0.3 is 6.18 Å². The average Bonchev–Trinajstić information content (AvgIpc) is 2.41. The normalized spacial score (nSPS) is 11.2. The molecule has 0 saturated heterocycles. The minimum Gasteiger partial charge on any atom is -0.324 e. The number of carbonyl (C=O) groups excluding carboxylic acids is 1. The number of benzene rings is 1. The number of amides is 1. The molecule has 21 heavy (non-hydrogen) atoms. The first-order valence-corrected chi connectivity index (χ1v) is 6.30. The highest BCUT2D eigenvalue weighted by Crippen LogP contribution is 2.32. The first-order chi connectivity index (χ1) is 9.86. The molecule has 1 N–H and O–H groups in total. The van der Waals surface area contributed by atoms with Crippen molar-refractivity contribution in [1.29, 1.82) is 0 Å². The molecule has 1 heterocycles. The van der Waals surface area contributed by atoms with Crippen LogP contribution in [0.1, 0.15) is 11.1 Å². The van der Waals surface area contributed by atoms with Crippen molar-refractivity contribution in [2.45, 2.75) is 12.6 Å². The molecule has 0 radical (unpaired) electrons. The molecular formula is C14H10ClF3N2O. The van der Waals surface area contributed by atoms with Crippen LogP contribution < -0.4 is 5.32 Å². The Bertz CT molecular complexity index is 641. The Balaban J connectivity index is 2.11. The maximum absolute atomic E-state index is 12.8. The van der Waals surface area contributed by atoms with Crippen LogP contribution in [0.25, 0.3) is 0 Å². The van der Waals surface area contributed by atoms with Gasteiger partial charge in [-0.25, -0.2) is 4.98 Å². The molecule has 0 spiro atoms. The minimum absolute atomic E-state index is 0.0792. The number of hydrogen-bond donors (Lipinski definition) is 1. The Hall–Kier alpha value is -2.08. The molecular weight excluding hydrogens is 305 g/mol. The SMILES string of the molecule is O=C(Cc1ccccc1C(F)(F)F)Nc1ccc(Cl)nc1. The lowest BCUT2D eigenvalue weighted by Gasteiger charge is -2.12. The lowest BCUT2D eigenvalue weighted by Crippen LogP contribution is -2.18. The number of alkyl halides is 3. The lowest BCUT2D eigenvalue weighted by atomic mass is 10.0. The molecule has 0 saturated carbocycles. The lowest BCUT2D eigenvalue weighted by molar-refractivity contribution is -0.138. The second-order valence-corrected chi connectivity index (χ2v) is 4.64. The van der Waals surface area contributed by atoms with Gasteiger partial charge in [0, 0.05) is 0 Å². The zero-order valence-electron chi connectivity index (χ0n) is 10.6. The standard InChI is InChI=1S/C14H10ClF3N2O/c15-12-6-5-10(8-19-12)20-13(21)7-9-3-1-2-4-11(9)14(16,17)18/h1-6,8H,7H2,(H,20,21). The highest BCUT2D eigenvalue weighted by molar-refractivity contribution is 6.29. The monoisotopic (exact) mass is 314 g/mol. The predicted molar refractivity (Wildman–Crippen MR) is 73.0 cm³/mol. The van der Waals surface area contributed by atoms with Gasteiger partial charge in [0.05, 0.1) is 23.9 Å². The van der Waals surface area contributed by atoms with Crippen molar-refractivity contribution in [2.24, 2.45) is 0 Å². The molecule has 0 aliphatic rings. The van der Waals surface area contributed by atoms with Crippen molar-refractivity contribution in [2.75, 3.05) is 5.32 Å². The molecule has 0 aliphatic carbocycles. The van der Waals surface area contributed by atoms with Gasteiger partial charge in [0.1, 0.15) is 5.15 Å². The fourth-order valence-electron chi connectivity index (χ4n) is 1.78. The van der Waals surface area contributed by atoms with Crippen LogP contribution in [-0.4, -0.2) is 10.9 Å². The van der Waals surface area contributed by atoms with Crippen molar-refractivity contribution >= 4 is 23.2 Å². The van der Waals surface area contributed by atoms with Gasteiger partial charge in [-0.05, 0) is 23.8 Å². The maximum atomic E-state index is 12.8. The molecule has 1 amide bonds. The third-order valence-electron chi connectivity index (χ3n) is 2.68. The number of nitrogens with one attached hydrogen (secondary N) is 1. The number of carbonyl (C=O) groups is 1. The van der Waals surface area contributed by atoms with E-state index in [9.17, 15) is 18.0 Å². The van der Waals surface area contributed by atoms with Crippen LogP contribution in [0.5, 0.6) is 0 Å². The summed E-state index contributed by atoms with van der Waals surface area (Å²) in [5.74, 6) is -0.559. The van der Waals surface area contributed by atoms with Gasteiger partial charge in [-0.3, -0.25) is 4.79 Å². The fourth-order valence-corrected chi connectivity index (χ4v) is 1.89. The summed E-state index contributed by atoms with van der Waals surface area (Å²) >= 11 is 5.60. The van der Waals surface area contributed by atoms with E-state index in [4.69, 9.17) is 11.6 Å². The summed E-state index contributed by atoms with van der Waals surface area (Å²) in [5.41, 5.74) is -0.521. The van der Waals surface area contributed by atoms with Gasteiger partial charge in [-0.1, -0.05) is 29.8 Å². The van der Waals surface area contributed by atoms with Gasteiger partial charge in [-0.2, -0.15) is 13.2 Å². The molecule has 110 valence electrons. The van der Waals surface area contributed by atoms with Gasteiger partial charge in [0.25, 0.3) is 0 Å². The zero-order chi connectivity index (χ0) is 15.5. The molecule has 1 aromatic heterocycles. The average molecular weight is 315 g/mol. The fraction of sp³-hybridized carbons (Fsp3) is 0.143. The summed E-state index contributed by atoms with van der Waals surface area (Å²) in [6.45, 7) is 0. The molecule has 0 bridgehead atoms. The highest BCUT2D eigenvalue weighted by Gasteiger charge is 2.33. The van der Waals surface area contributed by atoms with Crippen LogP contribution in [0.2, 0.25) is 5.15 Å². The summed E-state index contributed by atoms with van der Waals surface area (Å²) in [4.78, 5) is 15.6. The summed E-state index contributed by atoms with van der Waals surface area (Å²) in [6.07, 6.45) is -3.53. The van der Waals surface area contributed by atoms with Gasteiger partial charge in [-0.15, -0.1) is 0 Å². The second kappa shape index (κ2) is 6.13. The quantitative estimate of drug-likeness (QED) is 0.872. The molecule has 1 aromatic carbocycles. The van der Waals surface area contributed by atoms with Crippen molar-refractivity contribution in [3.63, 3.8) is 0 Å². The van der Waals surface area contributed by atoms with Crippen molar-refractivity contribution in [3.8, 4) is 0 Å². The summed E-state index contributed by atoms with van der Waals surface area (Å²) in [5, 5.41) is 2.73. The van der Waals surface area contributed by atoms with E-state index in [-0.39, 0.29) is 17.1 Å². The van der Waals surface area contributed by atoms with Crippen LogP contribution >= 0.6 is 11.6 Å². The Morgan fingerprint density at radius 2 is 1.90 bits per heavy atom. The Labute approximate surface area is 123 Å². The maximum Gasteiger partial charge on any atom is 0.416 e. The zero-order valence-corrected chi connectivity index (χ0v) is 11.4. The minimum atomic E-state index is -4.49. The highest BCUT2D eigenvalue weighted by atomic mass is 35.5. The molecule has 7 heteroatoms. The van der Waals surface area contributed by atoms with Crippen molar-refractivity contribution in [1.82, 2.24) is 4.98 Å². The van der Waals surface area contributed by atoms with Crippen LogP contribution in [0.4, 0.5) is 18.9 Å². The van der Waals surface area contributed by atoms with Gasteiger partial charge in [0.15, 0.2) is 0 Å². The molecule has 3 nitrogen and oxygen atoms in total. The van der Waals surface area contributed by atoms with Crippen LogP contribution in [0, 0.1) is 0 Å². The number of pyridine rings is 1. The third-order valence-corrected chi connectivity index (χ3v) is 2.91. The van der Waals surface area contributed by atoms with E-state index in [1.165, 1.54) is 36.5 Å². The van der Waals surface area contributed by atoms with E-state index >= 15 is 0 Å². The summed E-state index contributed by atoms with van der Waals surface area (Å²) in [6, 6.07) is 7.97. The number of aromatic nitrogens is 1. The number of hydrogen-bond acceptors (Lipinski definition) is 2. The largest absolute Gasteiger partial charge is 0.416 e. The predicted octanol–water partition coefficient (Wildman–Crippen LogP) is 3.94. The van der Waals surface area contributed by atoms with E-state index in [0.29, 0.717) is 5.69 Å². The van der Waals surface area contributed by atoms with Crippen LogP contribution in [-0.2, 0) is 17.4 Å². The number of nitrogens with zero attached hydrogens (tertiary/aromatic N) is 1. The van der Waals surface area contributed by atoms with E-state index in [2.05, 4.69) is 10.3 Å². The third kappa shape index (κ3) is 4.19. The molecule has 0 unspecified atom stereocenters. The Kier molecular flexibility index (Phi) is 4.47. The molecule has 0 fully saturated rings.